The van der Waals surface area contributed by atoms with E-state index < -0.39 is 21.7 Å². The third-order valence-electron chi connectivity index (χ3n) is 8.29. The van der Waals surface area contributed by atoms with Gasteiger partial charge in [0, 0.05) is 49.8 Å². The van der Waals surface area contributed by atoms with Crippen LogP contribution in [0.1, 0.15) is 62.0 Å². The average Bonchev–Trinajstić information content (AvgIpc) is 3.33. The fourth-order valence-corrected chi connectivity index (χ4v) is 7.79. The summed E-state index contributed by atoms with van der Waals surface area (Å²) in [5.41, 5.74) is 0.289. The van der Waals surface area contributed by atoms with Crippen LogP contribution in [0, 0.1) is 24.5 Å². The molecule has 1 amide bonds. The van der Waals surface area contributed by atoms with Crippen molar-refractivity contribution < 1.29 is 26.5 Å². The Morgan fingerprint density at radius 3 is 2.33 bits per heavy atom. The van der Waals surface area contributed by atoms with Crippen molar-refractivity contribution in [2.45, 2.75) is 62.8 Å². The molecular weight excluding hydrogens is 526 g/mol. The number of carbonyl (C=O) groups excluding carboxylic acids is 1. The van der Waals surface area contributed by atoms with Crippen LogP contribution in [0.3, 0.4) is 0 Å². The molecule has 0 atom stereocenters. The highest BCUT2D eigenvalue weighted by atomic mass is 32.2. The monoisotopic (exact) mass is 562 g/mol. The number of amides is 1. The van der Waals surface area contributed by atoms with E-state index in [2.05, 4.69) is 10.1 Å². The van der Waals surface area contributed by atoms with Crippen LogP contribution in [0.2, 0.25) is 0 Å². The summed E-state index contributed by atoms with van der Waals surface area (Å²) in [6.45, 7) is 5.85. The maximum atomic E-state index is 14.0. The Morgan fingerprint density at radius 1 is 0.974 bits per heavy atom. The maximum Gasteiger partial charge on any atom is 0.248 e. The molecule has 0 spiro atoms. The number of aryl methyl sites for hydroxylation is 1. The van der Waals surface area contributed by atoms with E-state index in [1.165, 1.54) is 48.7 Å². The second kappa shape index (κ2) is 11.9. The standard InChI is InChI=1S/C28H36F2N4O4S/c1-20-27(26(38-31-20)8-6-21-5-7-23(29)19-25(21)30)39(36,37)34-17-9-22(10-18-34)28(35)33-15-11-24(12-16-33)32-13-3-2-4-14-32/h5-8,19,22,24H,2-4,9-18H2,1H3/b8-6+. The third-order valence-corrected chi connectivity index (χ3v) is 10.4. The van der Waals surface area contributed by atoms with Gasteiger partial charge < -0.3 is 14.3 Å². The second-order valence-corrected chi connectivity index (χ2v) is 12.7. The summed E-state index contributed by atoms with van der Waals surface area (Å²) in [5.74, 6) is -1.55. The Balaban J connectivity index is 1.19. The van der Waals surface area contributed by atoms with E-state index in [1.807, 2.05) is 4.90 Å². The molecule has 0 aliphatic carbocycles. The van der Waals surface area contributed by atoms with E-state index in [-0.39, 0.29) is 46.8 Å². The van der Waals surface area contributed by atoms with Crippen molar-refractivity contribution in [1.82, 2.24) is 19.3 Å². The summed E-state index contributed by atoms with van der Waals surface area (Å²) >= 11 is 0. The van der Waals surface area contributed by atoms with Crippen molar-refractivity contribution in [2.75, 3.05) is 39.3 Å². The van der Waals surface area contributed by atoms with E-state index in [9.17, 15) is 22.0 Å². The zero-order valence-corrected chi connectivity index (χ0v) is 23.1. The molecule has 11 heteroatoms. The summed E-state index contributed by atoms with van der Waals surface area (Å²) < 4.78 is 60.9. The minimum absolute atomic E-state index is 0.0222. The van der Waals surface area contributed by atoms with Gasteiger partial charge in [0.1, 0.15) is 17.3 Å². The molecule has 3 aliphatic heterocycles. The van der Waals surface area contributed by atoms with E-state index in [0.717, 1.165) is 51.2 Å². The molecule has 39 heavy (non-hydrogen) atoms. The average molecular weight is 563 g/mol. The second-order valence-electron chi connectivity index (χ2n) is 10.8. The van der Waals surface area contributed by atoms with E-state index in [4.69, 9.17) is 4.52 Å². The lowest BCUT2D eigenvalue weighted by atomic mass is 9.94. The van der Waals surface area contributed by atoms with Crippen LogP contribution >= 0.6 is 0 Å². The minimum Gasteiger partial charge on any atom is -0.355 e. The number of benzene rings is 1. The fourth-order valence-electron chi connectivity index (χ4n) is 6.07. The molecule has 3 saturated heterocycles. The lowest BCUT2D eigenvalue weighted by Crippen LogP contribution is -2.50. The van der Waals surface area contributed by atoms with Crippen molar-refractivity contribution in [1.29, 1.82) is 0 Å². The van der Waals surface area contributed by atoms with Gasteiger partial charge in [-0.3, -0.25) is 4.79 Å². The lowest BCUT2D eigenvalue weighted by Gasteiger charge is -2.41. The van der Waals surface area contributed by atoms with Gasteiger partial charge in [-0.2, -0.15) is 4.31 Å². The van der Waals surface area contributed by atoms with Crippen molar-refractivity contribution >= 4 is 28.1 Å². The smallest absolute Gasteiger partial charge is 0.248 e. The van der Waals surface area contributed by atoms with Gasteiger partial charge in [0.25, 0.3) is 0 Å². The predicted octanol–water partition coefficient (Wildman–Crippen LogP) is 4.31. The molecule has 212 valence electrons. The van der Waals surface area contributed by atoms with E-state index in [0.29, 0.717) is 18.9 Å². The summed E-state index contributed by atoms with van der Waals surface area (Å²) in [6.07, 6.45) is 9.42. The van der Waals surface area contributed by atoms with Crippen LogP contribution in [-0.2, 0) is 14.8 Å². The first-order valence-electron chi connectivity index (χ1n) is 13.9. The Hall–Kier alpha value is -2.63. The molecule has 1 aromatic heterocycles. The highest BCUT2D eigenvalue weighted by Gasteiger charge is 2.38. The maximum absolute atomic E-state index is 14.0. The van der Waals surface area contributed by atoms with Gasteiger partial charge in [0.15, 0.2) is 10.7 Å². The molecule has 3 aliphatic rings. The molecule has 3 fully saturated rings. The molecule has 8 nitrogen and oxygen atoms in total. The molecule has 0 unspecified atom stereocenters. The fraction of sp³-hybridized carbons (Fsp3) is 0.571. The number of carbonyl (C=O) groups is 1. The van der Waals surface area contributed by atoms with Crippen LogP contribution < -0.4 is 0 Å². The number of sulfonamides is 1. The van der Waals surface area contributed by atoms with Crippen molar-refractivity contribution in [2.24, 2.45) is 5.92 Å². The number of hydrogen-bond acceptors (Lipinski definition) is 6. The number of hydrogen-bond donors (Lipinski definition) is 0. The SMILES string of the molecule is Cc1noc(/C=C/c2ccc(F)cc2F)c1S(=O)(=O)N1CCC(C(=O)N2CCC(N3CCCCC3)CC2)CC1. The molecule has 0 saturated carbocycles. The van der Waals surface area contributed by atoms with Crippen LogP contribution in [0.4, 0.5) is 8.78 Å². The zero-order chi connectivity index (χ0) is 27.6. The molecule has 0 radical (unpaired) electrons. The molecular formula is C28H36F2N4O4S. The first-order chi connectivity index (χ1) is 18.7. The number of piperidine rings is 3. The first kappa shape index (κ1) is 27.9. The highest BCUT2D eigenvalue weighted by molar-refractivity contribution is 7.89. The summed E-state index contributed by atoms with van der Waals surface area (Å²) in [7, 11) is -3.95. The molecule has 0 N–H and O–H groups in total. The Bertz CT molecular complexity index is 1310. The molecule has 0 bridgehead atoms. The highest BCUT2D eigenvalue weighted by Crippen LogP contribution is 2.31. The quantitative estimate of drug-likeness (QED) is 0.522. The topological polar surface area (TPSA) is 87.0 Å². The number of nitrogens with zero attached hydrogens (tertiary/aromatic N) is 4. The third kappa shape index (κ3) is 6.10. The molecule has 5 rings (SSSR count). The molecule has 1 aromatic carbocycles. The lowest BCUT2D eigenvalue weighted by molar-refractivity contribution is -0.138. The molecule has 2 aromatic rings. The number of aromatic nitrogens is 1. The van der Waals surface area contributed by atoms with E-state index >= 15 is 0 Å². The van der Waals surface area contributed by atoms with Gasteiger partial charge in [0.05, 0.1) is 0 Å². The summed E-state index contributed by atoms with van der Waals surface area (Å²) in [6, 6.07) is 3.70. The minimum atomic E-state index is -3.95. The van der Waals surface area contributed by atoms with Gasteiger partial charge in [-0.05, 0) is 82.8 Å². The van der Waals surface area contributed by atoms with Gasteiger partial charge in [-0.25, -0.2) is 17.2 Å². The largest absolute Gasteiger partial charge is 0.355 e. The first-order valence-corrected chi connectivity index (χ1v) is 15.3. The number of rotatable bonds is 6. The van der Waals surface area contributed by atoms with Gasteiger partial charge in [-0.1, -0.05) is 11.6 Å². The van der Waals surface area contributed by atoms with Crippen LogP contribution in [0.15, 0.2) is 27.6 Å². The van der Waals surface area contributed by atoms with Crippen molar-refractivity contribution in [3.8, 4) is 0 Å². The Kier molecular flexibility index (Phi) is 8.49. The normalized spacial score (nSPS) is 21.2. The van der Waals surface area contributed by atoms with Crippen LogP contribution in [0.25, 0.3) is 12.2 Å². The predicted molar refractivity (Wildman–Crippen MR) is 143 cm³/mol. The Labute approximate surface area is 228 Å². The molecule has 4 heterocycles. The number of halogens is 2. The van der Waals surface area contributed by atoms with E-state index in [1.54, 1.807) is 0 Å². The Morgan fingerprint density at radius 2 is 1.67 bits per heavy atom. The zero-order valence-electron chi connectivity index (χ0n) is 22.3. The van der Waals surface area contributed by atoms with Gasteiger partial charge >= 0.3 is 0 Å². The van der Waals surface area contributed by atoms with Crippen molar-refractivity contribution in [3.63, 3.8) is 0 Å². The summed E-state index contributed by atoms with van der Waals surface area (Å²) in [4.78, 5) is 17.7. The van der Waals surface area contributed by atoms with Gasteiger partial charge in [-0.15, -0.1) is 0 Å². The number of likely N-dealkylation sites (tertiary alicyclic amines) is 2. The van der Waals surface area contributed by atoms with Gasteiger partial charge in [0.2, 0.25) is 15.9 Å². The van der Waals surface area contributed by atoms with Crippen molar-refractivity contribution in [3.05, 3.63) is 46.9 Å². The van der Waals surface area contributed by atoms with Crippen LogP contribution in [-0.4, -0.2) is 78.9 Å². The summed E-state index contributed by atoms with van der Waals surface area (Å²) in [5, 5.41) is 3.82. The van der Waals surface area contributed by atoms with Crippen LogP contribution in [0.5, 0.6) is 0 Å².